The van der Waals surface area contributed by atoms with Gasteiger partial charge in [0.25, 0.3) is 0 Å². The summed E-state index contributed by atoms with van der Waals surface area (Å²) in [5.74, 6) is 0. The summed E-state index contributed by atoms with van der Waals surface area (Å²) in [5, 5.41) is 5.50. The predicted octanol–water partition coefficient (Wildman–Crippen LogP) is 6.34. The Hall–Kier alpha value is -1.86. The molecule has 1 heterocycles. The molecule has 1 aromatic heterocycles. The summed E-state index contributed by atoms with van der Waals surface area (Å²) in [4.78, 5) is 4.11. The second kappa shape index (κ2) is 6.33. The second-order valence-electron chi connectivity index (χ2n) is 4.73. The average Bonchev–Trinajstić information content (AvgIpc) is 2.99. The highest BCUT2D eigenvalue weighted by Gasteiger charge is 2.31. The number of halogens is 4. The van der Waals surface area contributed by atoms with Crippen LogP contribution in [0.4, 0.5) is 24.0 Å². The highest BCUT2D eigenvalue weighted by atomic mass is 79.9. The number of hydrogen-bond acceptors (Lipinski definition) is 3. The normalized spacial score (nSPS) is 11.5. The fourth-order valence-corrected chi connectivity index (χ4v) is 3.07. The summed E-state index contributed by atoms with van der Waals surface area (Å²) in [6, 6.07) is 10.8. The summed E-state index contributed by atoms with van der Waals surface area (Å²) in [7, 11) is 0. The third-order valence-electron chi connectivity index (χ3n) is 3.16. The molecule has 0 bridgehead atoms. The zero-order valence-corrected chi connectivity index (χ0v) is 14.0. The molecule has 0 saturated carbocycles. The van der Waals surface area contributed by atoms with Crippen molar-refractivity contribution in [2.45, 2.75) is 6.18 Å². The third kappa shape index (κ3) is 3.73. The van der Waals surface area contributed by atoms with E-state index in [1.54, 1.807) is 29.8 Å². The van der Waals surface area contributed by atoms with Crippen LogP contribution in [0.5, 0.6) is 0 Å². The summed E-state index contributed by atoms with van der Waals surface area (Å²) >= 11 is 4.73. The van der Waals surface area contributed by atoms with Gasteiger partial charge in [0.05, 0.1) is 5.56 Å². The lowest BCUT2D eigenvalue weighted by Gasteiger charge is -2.14. The molecule has 0 amide bonds. The summed E-state index contributed by atoms with van der Waals surface area (Å²) in [6.07, 6.45) is -2.75. The molecule has 23 heavy (non-hydrogen) atoms. The van der Waals surface area contributed by atoms with Crippen molar-refractivity contribution in [3.63, 3.8) is 0 Å². The van der Waals surface area contributed by atoms with Crippen LogP contribution >= 0.6 is 27.3 Å². The van der Waals surface area contributed by atoms with Crippen LogP contribution in [-0.4, -0.2) is 4.98 Å². The first-order chi connectivity index (χ1) is 10.9. The Morgan fingerprint density at radius 2 is 1.91 bits per heavy atom. The van der Waals surface area contributed by atoms with Crippen LogP contribution in [0.25, 0.3) is 11.1 Å². The number of alkyl halides is 3. The number of benzene rings is 2. The lowest BCUT2D eigenvalue weighted by Crippen LogP contribution is -2.05. The van der Waals surface area contributed by atoms with Crippen molar-refractivity contribution in [1.82, 2.24) is 4.98 Å². The lowest BCUT2D eigenvalue weighted by atomic mass is 10.0. The standard InChI is InChI=1S/C16H10BrF3N2S/c17-12-3-1-2-10(8-12)13-9-11(16(18,19)20)4-5-14(13)22-15-21-6-7-23-15/h1-9H,(H,21,22). The van der Waals surface area contributed by atoms with Crippen molar-refractivity contribution < 1.29 is 13.2 Å². The first kappa shape index (κ1) is 16.0. The van der Waals surface area contributed by atoms with E-state index in [4.69, 9.17) is 0 Å². The Kier molecular flexibility index (Phi) is 4.41. The first-order valence-corrected chi connectivity index (χ1v) is 8.24. The van der Waals surface area contributed by atoms with Crippen LogP contribution in [0.3, 0.4) is 0 Å². The molecule has 0 aliphatic rings. The monoisotopic (exact) mass is 398 g/mol. The Balaban J connectivity index is 2.11. The number of thiazole rings is 1. The molecule has 0 atom stereocenters. The van der Waals surface area contributed by atoms with Gasteiger partial charge in [0.15, 0.2) is 5.13 Å². The van der Waals surface area contributed by atoms with E-state index in [-0.39, 0.29) is 0 Å². The highest BCUT2D eigenvalue weighted by Crippen LogP contribution is 2.38. The molecule has 2 aromatic carbocycles. The molecule has 3 rings (SSSR count). The number of aromatic nitrogens is 1. The molecule has 1 N–H and O–H groups in total. The molecule has 2 nitrogen and oxygen atoms in total. The summed E-state index contributed by atoms with van der Waals surface area (Å²) < 4.78 is 39.9. The number of rotatable bonds is 3. The van der Waals surface area contributed by atoms with Gasteiger partial charge in [-0.15, -0.1) is 11.3 Å². The Labute approximate surface area is 143 Å². The van der Waals surface area contributed by atoms with E-state index in [9.17, 15) is 13.2 Å². The minimum atomic E-state index is -4.39. The van der Waals surface area contributed by atoms with Crippen LogP contribution in [0, 0.1) is 0 Å². The minimum absolute atomic E-state index is 0.469. The van der Waals surface area contributed by atoms with Gasteiger partial charge in [-0.25, -0.2) is 4.98 Å². The summed E-state index contributed by atoms with van der Waals surface area (Å²) in [6.45, 7) is 0. The molecule has 0 radical (unpaired) electrons. The zero-order valence-electron chi connectivity index (χ0n) is 11.6. The van der Waals surface area contributed by atoms with Gasteiger partial charge in [0, 0.05) is 27.3 Å². The molecule has 0 aliphatic heterocycles. The number of hydrogen-bond donors (Lipinski definition) is 1. The van der Waals surface area contributed by atoms with Gasteiger partial charge >= 0.3 is 6.18 Å². The second-order valence-corrected chi connectivity index (χ2v) is 6.54. The molecular formula is C16H10BrF3N2S. The van der Waals surface area contributed by atoms with Crippen LogP contribution < -0.4 is 5.32 Å². The van der Waals surface area contributed by atoms with Gasteiger partial charge in [-0.1, -0.05) is 28.1 Å². The van der Waals surface area contributed by atoms with E-state index in [2.05, 4.69) is 26.2 Å². The average molecular weight is 399 g/mol. The molecule has 0 fully saturated rings. The summed E-state index contributed by atoms with van der Waals surface area (Å²) in [5.41, 5.74) is 1.05. The van der Waals surface area contributed by atoms with Crippen molar-refractivity contribution in [3.8, 4) is 11.1 Å². The lowest BCUT2D eigenvalue weighted by molar-refractivity contribution is -0.137. The minimum Gasteiger partial charge on any atom is -0.331 e. The number of anilines is 2. The van der Waals surface area contributed by atoms with Crippen molar-refractivity contribution in [1.29, 1.82) is 0 Å². The fraction of sp³-hybridized carbons (Fsp3) is 0.0625. The molecule has 118 valence electrons. The van der Waals surface area contributed by atoms with Crippen molar-refractivity contribution in [2.75, 3.05) is 5.32 Å². The molecule has 3 aromatic rings. The van der Waals surface area contributed by atoms with Crippen molar-refractivity contribution >= 4 is 38.1 Å². The van der Waals surface area contributed by atoms with Gasteiger partial charge in [0.2, 0.25) is 0 Å². The van der Waals surface area contributed by atoms with Crippen molar-refractivity contribution in [3.05, 3.63) is 64.1 Å². The number of nitrogens with one attached hydrogen (secondary N) is 1. The highest BCUT2D eigenvalue weighted by molar-refractivity contribution is 9.10. The van der Waals surface area contributed by atoms with E-state index in [0.717, 1.165) is 16.6 Å². The maximum atomic E-state index is 13.0. The molecule has 0 unspecified atom stereocenters. The molecule has 0 saturated heterocycles. The topological polar surface area (TPSA) is 24.9 Å². The maximum absolute atomic E-state index is 13.0. The fourth-order valence-electron chi connectivity index (χ4n) is 2.12. The van der Waals surface area contributed by atoms with Crippen LogP contribution in [0.2, 0.25) is 0 Å². The van der Waals surface area contributed by atoms with Gasteiger partial charge in [-0.3, -0.25) is 0 Å². The van der Waals surface area contributed by atoms with Crippen molar-refractivity contribution in [2.24, 2.45) is 0 Å². The Bertz CT molecular complexity index is 816. The maximum Gasteiger partial charge on any atom is 0.416 e. The third-order valence-corrected chi connectivity index (χ3v) is 4.34. The van der Waals surface area contributed by atoms with Crippen LogP contribution in [-0.2, 0) is 6.18 Å². The van der Waals surface area contributed by atoms with E-state index in [1.165, 1.54) is 17.4 Å². The van der Waals surface area contributed by atoms with E-state index < -0.39 is 11.7 Å². The molecular weight excluding hydrogens is 389 g/mol. The van der Waals surface area contributed by atoms with Gasteiger partial charge in [0.1, 0.15) is 0 Å². The van der Waals surface area contributed by atoms with Crippen LogP contribution in [0.1, 0.15) is 5.56 Å². The Morgan fingerprint density at radius 3 is 2.57 bits per heavy atom. The molecule has 0 spiro atoms. The van der Waals surface area contributed by atoms with Gasteiger partial charge in [-0.2, -0.15) is 13.2 Å². The van der Waals surface area contributed by atoms with Gasteiger partial charge in [-0.05, 0) is 35.9 Å². The zero-order chi connectivity index (χ0) is 16.4. The molecule has 0 aliphatic carbocycles. The van der Waals surface area contributed by atoms with E-state index >= 15 is 0 Å². The first-order valence-electron chi connectivity index (χ1n) is 6.57. The van der Waals surface area contributed by atoms with Gasteiger partial charge < -0.3 is 5.32 Å². The van der Waals surface area contributed by atoms with Crippen LogP contribution in [0.15, 0.2) is 58.5 Å². The Morgan fingerprint density at radius 1 is 1.09 bits per heavy atom. The van der Waals surface area contributed by atoms with E-state index in [1.807, 2.05) is 6.07 Å². The largest absolute Gasteiger partial charge is 0.416 e. The molecule has 7 heteroatoms. The quantitative estimate of drug-likeness (QED) is 0.556. The predicted molar refractivity (Wildman–Crippen MR) is 90.0 cm³/mol. The smallest absolute Gasteiger partial charge is 0.331 e. The number of nitrogens with zero attached hydrogens (tertiary/aromatic N) is 1. The van der Waals surface area contributed by atoms with E-state index in [0.29, 0.717) is 21.9 Å². The SMILES string of the molecule is FC(F)(F)c1ccc(Nc2nccs2)c(-c2cccc(Br)c2)c1.